The summed E-state index contributed by atoms with van der Waals surface area (Å²) in [6, 6.07) is 3.13. The van der Waals surface area contributed by atoms with Gasteiger partial charge in [-0.2, -0.15) is 0 Å². The molecular formula is C20H28I2N4O6. The maximum atomic E-state index is 12.1. The van der Waals surface area contributed by atoms with Gasteiger partial charge in [0, 0.05) is 13.7 Å². The lowest BCUT2D eigenvalue weighted by Crippen LogP contribution is -2.47. The number of ether oxygens (including phenoxy) is 2. The summed E-state index contributed by atoms with van der Waals surface area (Å²) in [7, 11) is 0. The molecule has 0 saturated heterocycles. The Hall–Kier alpha value is -1.84. The van der Waals surface area contributed by atoms with Crippen LogP contribution in [-0.2, 0) is 9.47 Å². The summed E-state index contributed by atoms with van der Waals surface area (Å²) in [5.41, 5.74) is -0.475. The molecule has 0 heterocycles. The molecule has 0 aliphatic rings. The molecule has 4 N–H and O–H groups in total. The highest BCUT2D eigenvalue weighted by Crippen LogP contribution is 2.26. The predicted molar refractivity (Wildman–Crippen MR) is 138 cm³/mol. The van der Waals surface area contributed by atoms with Crippen LogP contribution in [-0.4, -0.2) is 53.5 Å². The molecule has 1 aromatic carbocycles. The predicted octanol–water partition coefficient (Wildman–Crippen LogP) is 4.41. The first kappa shape index (κ1) is 28.2. The monoisotopic (exact) mass is 674 g/mol. The number of benzene rings is 1. The second-order valence-electron chi connectivity index (χ2n) is 8.53. The zero-order chi connectivity index (χ0) is 24.7. The average Bonchev–Trinajstić information content (AvgIpc) is 2.56. The van der Waals surface area contributed by atoms with E-state index in [1.54, 1.807) is 53.7 Å². The number of aromatic carboxylic acids is 1. The van der Waals surface area contributed by atoms with Gasteiger partial charge in [-0.3, -0.25) is 15.6 Å². The van der Waals surface area contributed by atoms with Gasteiger partial charge in [0.15, 0.2) is 0 Å². The number of nitrogens with one attached hydrogen (secondary N) is 3. The van der Waals surface area contributed by atoms with Crippen LogP contribution in [0.4, 0.5) is 15.3 Å². The van der Waals surface area contributed by atoms with Crippen LogP contribution < -0.4 is 16.0 Å². The van der Waals surface area contributed by atoms with Crippen molar-refractivity contribution in [2.45, 2.75) is 52.7 Å². The fraction of sp³-hybridized carbons (Fsp3) is 0.500. The molecule has 178 valence electrons. The van der Waals surface area contributed by atoms with Gasteiger partial charge in [0.05, 0.1) is 17.8 Å². The van der Waals surface area contributed by atoms with Crippen molar-refractivity contribution in [1.82, 2.24) is 10.6 Å². The molecule has 0 spiro atoms. The number of amides is 2. The van der Waals surface area contributed by atoms with Crippen LogP contribution in [0.25, 0.3) is 0 Å². The third-order valence-corrected chi connectivity index (χ3v) is 4.91. The van der Waals surface area contributed by atoms with Crippen molar-refractivity contribution >= 4 is 75.0 Å². The van der Waals surface area contributed by atoms with Gasteiger partial charge in [-0.25, -0.2) is 14.4 Å². The third-order valence-electron chi connectivity index (χ3n) is 3.21. The molecule has 2 amide bonds. The van der Waals surface area contributed by atoms with E-state index in [0.717, 1.165) is 12.8 Å². The molecule has 1 rings (SSSR count). The molecule has 0 fully saturated rings. The summed E-state index contributed by atoms with van der Waals surface area (Å²) in [6.07, 6.45) is -1.54. The molecular weight excluding hydrogens is 646 g/mol. The van der Waals surface area contributed by atoms with Crippen molar-refractivity contribution in [3.8, 4) is 0 Å². The number of guanidine groups is 1. The van der Waals surface area contributed by atoms with Crippen molar-refractivity contribution in [2.75, 3.05) is 18.4 Å². The van der Waals surface area contributed by atoms with Crippen LogP contribution in [0.5, 0.6) is 0 Å². The number of hydrogen-bond donors (Lipinski definition) is 4. The van der Waals surface area contributed by atoms with E-state index in [-0.39, 0.29) is 18.1 Å². The topological polar surface area (TPSA) is 138 Å². The van der Waals surface area contributed by atoms with E-state index >= 15 is 0 Å². The number of rotatable bonds is 5. The average molecular weight is 674 g/mol. The van der Waals surface area contributed by atoms with Crippen molar-refractivity contribution in [2.24, 2.45) is 4.99 Å². The molecule has 32 heavy (non-hydrogen) atoms. The van der Waals surface area contributed by atoms with Gasteiger partial charge >= 0.3 is 18.2 Å². The lowest BCUT2D eigenvalue weighted by Gasteiger charge is -2.22. The minimum atomic E-state index is -0.997. The molecule has 12 heteroatoms. The summed E-state index contributed by atoms with van der Waals surface area (Å²) in [5, 5.41) is 17.2. The molecule has 0 atom stereocenters. The highest BCUT2D eigenvalue weighted by atomic mass is 127. The largest absolute Gasteiger partial charge is 0.478 e. The smallest absolute Gasteiger partial charge is 0.414 e. The zero-order valence-corrected chi connectivity index (χ0v) is 23.1. The van der Waals surface area contributed by atoms with Gasteiger partial charge in [-0.05, 0) is 98.9 Å². The standard InChI is InChI=1S/C20H28I2N4O6/c1-19(2,3)31-17(29)25-16(26-18(30)32-20(4,5)6)24-8-7-23-14-12(21)9-11(15(27)28)10-13(14)22/h9-10,23H,7-8H2,1-6H3,(H,27,28)(H2,24,25,26,29,30). The normalized spacial score (nSPS) is 11.2. The molecule has 0 saturated carbocycles. The van der Waals surface area contributed by atoms with Crippen molar-refractivity contribution in [1.29, 1.82) is 0 Å². The summed E-state index contributed by atoms with van der Waals surface area (Å²) in [5.74, 6) is -1.11. The van der Waals surface area contributed by atoms with Crippen LogP contribution in [0.15, 0.2) is 17.1 Å². The molecule has 0 unspecified atom stereocenters. The van der Waals surface area contributed by atoms with Gasteiger partial charge in [0.25, 0.3) is 0 Å². The first-order chi connectivity index (χ1) is 14.6. The van der Waals surface area contributed by atoms with Crippen molar-refractivity contribution < 1.29 is 29.0 Å². The van der Waals surface area contributed by atoms with Gasteiger partial charge in [-0.1, -0.05) is 0 Å². The zero-order valence-electron chi connectivity index (χ0n) is 18.8. The number of anilines is 1. The fourth-order valence-electron chi connectivity index (χ4n) is 2.12. The van der Waals surface area contributed by atoms with E-state index in [0.29, 0.717) is 6.54 Å². The first-order valence-corrected chi connectivity index (χ1v) is 11.7. The number of aliphatic imine (C=N–C) groups is 1. The van der Waals surface area contributed by atoms with E-state index in [1.807, 2.05) is 0 Å². The van der Waals surface area contributed by atoms with Crippen molar-refractivity contribution in [3.05, 3.63) is 24.8 Å². The van der Waals surface area contributed by atoms with Crippen LogP contribution >= 0.6 is 45.2 Å². The number of carbonyl (C=O) groups is 3. The first-order valence-electron chi connectivity index (χ1n) is 9.58. The number of carboxylic acid groups (broad SMARTS) is 1. The lowest BCUT2D eigenvalue weighted by atomic mass is 10.2. The molecule has 0 aliphatic heterocycles. The van der Waals surface area contributed by atoms with Gasteiger partial charge in [0.1, 0.15) is 11.2 Å². The highest BCUT2D eigenvalue weighted by molar-refractivity contribution is 14.1. The number of carboxylic acids is 1. The molecule has 10 nitrogen and oxygen atoms in total. The van der Waals surface area contributed by atoms with Crippen LogP contribution in [0.2, 0.25) is 0 Å². The van der Waals surface area contributed by atoms with Gasteiger partial charge in [0.2, 0.25) is 5.96 Å². The van der Waals surface area contributed by atoms with Crippen LogP contribution in [0.1, 0.15) is 51.9 Å². The van der Waals surface area contributed by atoms with E-state index in [9.17, 15) is 14.4 Å². The Morgan fingerprint density at radius 3 is 1.75 bits per heavy atom. The maximum Gasteiger partial charge on any atom is 0.414 e. The molecule has 0 bridgehead atoms. The molecule has 0 radical (unpaired) electrons. The lowest BCUT2D eigenvalue weighted by molar-refractivity contribution is 0.0543. The summed E-state index contributed by atoms with van der Waals surface area (Å²) < 4.78 is 11.9. The van der Waals surface area contributed by atoms with Crippen LogP contribution in [0.3, 0.4) is 0 Å². The van der Waals surface area contributed by atoms with E-state index < -0.39 is 29.4 Å². The Morgan fingerprint density at radius 1 is 0.938 bits per heavy atom. The van der Waals surface area contributed by atoms with Gasteiger partial charge in [-0.15, -0.1) is 0 Å². The number of nitrogens with zero attached hydrogens (tertiary/aromatic N) is 1. The van der Waals surface area contributed by atoms with Crippen LogP contribution in [0, 0.1) is 7.14 Å². The molecule has 1 aromatic rings. The van der Waals surface area contributed by atoms with E-state index in [2.05, 4.69) is 66.1 Å². The Labute approximate surface area is 214 Å². The van der Waals surface area contributed by atoms with E-state index in [1.165, 1.54) is 0 Å². The van der Waals surface area contributed by atoms with Crippen molar-refractivity contribution in [3.63, 3.8) is 0 Å². The number of hydrogen-bond acceptors (Lipinski definition) is 7. The summed E-state index contributed by atoms with van der Waals surface area (Å²) in [4.78, 5) is 39.6. The summed E-state index contributed by atoms with van der Waals surface area (Å²) >= 11 is 4.11. The quantitative estimate of drug-likeness (QED) is 0.157. The van der Waals surface area contributed by atoms with E-state index in [4.69, 9.17) is 14.6 Å². The second kappa shape index (κ2) is 11.9. The Bertz CT molecular complexity index is 836. The molecule has 0 aliphatic carbocycles. The van der Waals surface area contributed by atoms with Gasteiger partial charge < -0.3 is 19.9 Å². The minimum absolute atomic E-state index is 0.110. The molecule has 0 aromatic heterocycles. The third kappa shape index (κ3) is 11.2. The Balaban J connectivity index is 2.86. The second-order valence-corrected chi connectivity index (χ2v) is 10.9. The number of carbonyl (C=O) groups excluding carboxylic acids is 2. The minimum Gasteiger partial charge on any atom is -0.478 e. The highest BCUT2D eigenvalue weighted by Gasteiger charge is 2.21. The number of alkyl carbamates (subject to hydrolysis) is 2. The SMILES string of the molecule is CC(C)(C)OC(=O)NC(=NCCNc1c(I)cc(C(=O)O)cc1I)NC(=O)OC(C)(C)C. The summed E-state index contributed by atoms with van der Waals surface area (Å²) in [6.45, 7) is 10.8. The Morgan fingerprint density at radius 2 is 1.38 bits per heavy atom. The Kier molecular flexibility index (Phi) is 10.4. The maximum absolute atomic E-state index is 12.1. The number of halogens is 2. The fourth-order valence-corrected chi connectivity index (χ4v) is 4.27.